The quantitative estimate of drug-likeness (QED) is 0.347. The van der Waals surface area contributed by atoms with Crippen LogP contribution < -0.4 is 0 Å². The molecular weight excluding hydrogens is 370 g/mol. The fourth-order valence-electron chi connectivity index (χ4n) is 2.97. The van der Waals surface area contributed by atoms with E-state index >= 15 is 0 Å². The van der Waals surface area contributed by atoms with E-state index in [-0.39, 0.29) is 0 Å². The molecule has 0 aliphatic heterocycles. The zero-order valence-electron chi connectivity index (χ0n) is 12.8. The number of hydrogen-bond donors (Lipinski definition) is 0. The second-order valence-electron chi connectivity index (χ2n) is 5.20. The summed E-state index contributed by atoms with van der Waals surface area (Å²) in [5.41, 5.74) is 0. The molecule has 5 heteroatoms. The van der Waals surface area contributed by atoms with Crippen LogP contribution in [0.5, 0.6) is 0 Å². The predicted molar refractivity (Wildman–Crippen MR) is 89.0 cm³/mol. The van der Waals surface area contributed by atoms with Crippen molar-refractivity contribution >= 4 is 36.7 Å². The molecule has 0 atom stereocenters. The van der Waals surface area contributed by atoms with Gasteiger partial charge < -0.3 is 0 Å². The first-order valence-corrected chi connectivity index (χ1v) is 18.1. The van der Waals surface area contributed by atoms with Gasteiger partial charge in [-0.3, -0.25) is 0 Å². The minimum atomic E-state index is -1.96. The van der Waals surface area contributed by atoms with Gasteiger partial charge in [0.1, 0.15) is 0 Å². The van der Waals surface area contributed by atoms with Gasteiger partial charge in [-0.05, 0) is 0 Å². The molecule has 0 radical (unpaired) electrons. The Labute approximate surface area is 123 Å². The second-order valence-corrected chi connectivity index (χ2v) is 23.5. The molecule has 0 fully saturated rings. The molecule has 0 saturated heterocycles. The summed E-state index contributed by atoms with van der Waals surface area (Å²) in [5, 5.41) is 0. The Bertz CT molecular complexity index is 236. The van der Waals surface area contributed by atoms with E-state index in [2.05, 4.69) is 20.8 Å². The molecule has 0 unspecified atom stereocenters. The molecule has 0 aliphatic rings. The van der Waals surface area contributed by atoms with Crippen molar-refractivity contribution in [2.45, 2.75) is 57.8 Å². The molecule has 0 saturated carbocycles. The fourth-order valence-corrected chi connectivity index (χ4v) is 25.8. The first kappa shape index (κ1) is 19.4. The van der Waals surface area contributed by atoms with Gasteiger partial charge in [0, 0.05) is 0 Å². The molecule has 0 heterocycles. The van der Waals surface area contributed by atoms with Crippen molar-refractivity contribution in [1.82, 2.24) is 0 Å². The van der Waals surface area contributed by atoms with Crippen molar-refractivity contribution < 1.29 is 9.05 Å². The van der Waals surface area contributed by atoms with Gasteiger partial charge >= 0.3 is 124 Å². The summed E-state index contributed by atoms with van der Waals surface area (Å²) in [7, 11) is 3.42. The zero-order chi connectivity index (χ0) is 14.1. The van der Waals surface area contributed by atoms with Crippen LogP contribution in [0.4, 0.5) is 0 Å². The minimum absolute atomic E-state index is 1.01. The van der Waals surface area contributed by atoms with Crippen molar-refractivity contribution in [2.75, 3.05) is 20.4 Å². The summed E-state index contributed by atoms with van der Waals surface area (Å²) >= 11 is 3.57. The molecule has 0 N–H and O–H groups in total. The van der Waals surface area contributed by atoms with Crippen LogP contribution in [0.25, 0.3) is 0 Å². The van der Waals surface area contributed by atoms with E-state index in [4.69, 9.17) is 20.9 Å². The Morgan fingerprint density at radius 1 is 0.833 bits per heavy atom. The molecule has 0 rings (SSSR count). The molecule has 0 aromatic rings. The van der Waals surface area contributed by atoms with Crippen molar-refractivity contribution in [3.63, 3.8) is 0 Å². The van der Waals surface area contributed by atoms with Crippen LogP contribution in [0, 0.1) is 0 Å². The topological polar surface area (TPSA) is 18.5 Å². The van der Waals surface area contributed by atoms with Crippen LogP contribution in [-0.4, -0.2) is 38.8 Å². The van der Waals surface area contributed by atoms with E-state index < -0.39 is 24.9 Å². The second kappa shape index (κ2) is 10.1. The van der Waals surface area contributed by atoms with Crippen molar-refractivity contribution in [1.29, 1.82) is 0 Å². The standard InChI is InChI=1S/C4H10O2PS.3C3H7.Sn/c1-4-7(8,5-2)6-3;3*1-3-2;/h1,4H2,2-3H3;3*1,3H2,2H3;. The molecule has 2 nitrogen and oxygen atoms in total. The average molecular weight is 401 g/mol. The summed E-state index contributed by atoms with van der Waals surface area (Å²) < 4.78 is 16.8. The Morgan fingerprint density at radius 2 is 1.22 bits per heavy atom. The van der Waals surface area contributed by atoms with E-state index in [9.17, 15) is 0 Å². The van der Waals surface area contributed by atoms with Gasteiger partial charge in [0.05, 0.1) is 0 Å². The summed E-state index contributed by atoms with van der Waals surface area (Å²) in [6.45, 7) is 5.04. The van der Waals surface area contributed by atoms with Gasteiger partial charge in [0.2, 0.25) is 0 Å². The van der Waals surface area contributed by atoms with Gasteiger partial charge in [0.15, 0.2) is 0 Å². The molecule has 0 aromatic heterocycles. The summed E-state index contributed by atoms with van der Waals surface area (Å²) in [6, 6.07) is 0. The Kier molecular flexibility index (Phi) is 10.9. The number of rotatable bonds is 11. The Morgan fingerprint density at radius 3 is 1.50 bits per heavy atom. The summed E-state index contributed by atoms with van der Waals surface area (Å²) in [6.07, 6.45) is 5.04. The van der Waals surface area contributed by atoms with E-state index in [1.807, 2.05) is 0 Å². The van der Waals surface area contributed by atoms with Crippen molar-refractivity contribution in [3.8, 4) is 0 Å². The van der Waals surface area contributed by atoms with Crippen LogP contribution in [0.1, 0.15) is 40.0 Å². The molecule has 0 spiro atoms. The molecule has 0 aliphatic carbocycles. The van der Waals surface area contributed by atoms with Crippen molar-refractivity contribution in [2.24, 2.45) is 0 Å². The van der Waals surface area contributed by atoms with E-state index in [0.29, 0.717) is 0 Å². The molecular formula is C13H31O2PSSn. The third kappa shape index (κ3) is 6.69. The van der Waals surface area contributed by atoms with Crippen LogP contribution in [0.2, 0.25) is 17.7 Å². The van der Waals surface area contributed by atoms with Crippen LogP contribution in [-0.2, 0) is 20.9 Å². The van der Waals surface area contributed by atoms with E-state index in [1.54, 1.807) is 14.2 Å². The van der Waals surface area contributed by atoms with E-state index in [0.717, 1.165) is 6.16 Å². The maximum absolute atomic E-state index is 5.53. The van der Waals surface area contributed by atoms with Gasteiger partial charge in [-0.25, -0.2) is 0 Å². The van der Waals surface area contributed by atoms with Crippen molar-refractivity contribution in [3.05, 3.63) is 0 Å². The van der Waals surface area contributed by atoms with Crippen LogP contribution >= 0.6 is 6.49 Å². The van der Waals surface area contributed by atoms with E-state index in [1.165, 1.54) is 37.0 Å². The Balaban J connectivity index is 4.70. The molecule has 110 valence electrons. The van der Waals surface area contributed by atoms with Gasteiger partial charge in [0.25, 0.3) is 0 Å². The maximum atomic E-state index is 5.53. The molecule has 0 amide bonds. The zero-order valence-corrected chi connectivity index (χ0v) is 17.4. The number of hydrogen-bond acceptors (Lipinski definition) is 3. The predicted octanol–water partition coefficient (Wildman–Crippen LogP) is 5.27. The van der Waals surface area contributed by atoms with Gasteiger partial charge in [-0.1, -0.05) is 0 Å². The fraction of sp³-hybridized carbons (Fsp3) is 1.00. The van der Waals surface area contributed by atoms with Gasteiger partial charge in [-0.15, -0.1) is 0 Å². The Hall–Kier alpha value is 1.37. The SMILES string of the molecule is CC[CH2][Sn]([CH2]CC)([CH2]CC)[CH2]CP(=S)(OC)OC. The molecule has 18 heavy (non-hydrogen) atoms. The monoisotopic (exact) mass is 402 g/mol. The first-order chi connectivity index (χ1) is 8.51. The third-order valence-corrected chi connectivity index (χ3v) is 25.4. The molecule has 0 aromatic carbocycles. The third-order valence-electron chi connectivity index (χ3n) is 3.81. The van der Waals surface area contributed by atoms with Crippen LogP contribution in [0.3, 0.4) is 0 Å². The van der Waals surface area contributed by atoms with Gasteiger partial charge in [-0.2, -0.15) is 0 Å². The molecule has 0 bridgehead atoms. The average Bonchev–Trinajstić information content (AvgIpc) is 2.37. The van der Waals surface area contributed by atoms with Crippen LogP contribution in [0.15, 0.2) is 0 Å². The summed E-state index contributed by atoms with van der Waals surface area (Å²) in [5.74, 6) is 0. The summed E-state index contributed by atoms with van der Waals surface area (Å²) in [4.78, 5) is 0. The normalized spacial score (nSPS) is 12.9. The first-order valence-electron chi connectivity index (χ1n) is 7.22.